The number of halogens is 1. The summed E-state index contributed by atoms with van der Waals surface area (Å²) < 4.78 is 0. The average Bonchev–Trinajstić information content (AvgIpc) is 1.62. The van der Waals surface area contributed by atoms with E-state index >= 15 is 0 Å². The van der Waals surface area contributed by atoms with E-state index in [-0.39, 0.29) is 31.9 Å². The van der Waals surface area contributed by atoms with Gasteiger partial charge in [0.2, 0.25) is 0 Å². The number of rotatable bonds is 0. The van der Waals surface area contributed by atoms with E-state index < -0.39 is 0 Å². The Kier molecular flexibility index (Phi) is 12.2. The summed E-state index contributed by atoms with van der Waals surface area (Å²) in [7, 11) is 0. The van der Waals surface area contributed by atoms with Gasteiger partial charge in [0.15, 0.2) is 0 Å². The third-order valence-corrected chi connectivity index (χ3v) is 1.33. The molecule has 1 aliphatic carbocycles. The van der Waals surface area contributed by atoms with Crippen molar-refractivity contribution in [2.24, 2.45) is 0 Å². The van der Waals surface area contributed by atoms with Crippen LogP contribution < -0.4 is 0 Å². The molecular formula is C8H14ClRu+2. The van der Waals surface area contributed by atoms with Gasteiger partial charge >= 0.3 is 19.5 Å². The summed E-state index contributed by atoms with van der Waals surface area (Å²) in [5.74, 6) is 0. The molecule has 0 N–H and O–H groups in total. The normalized spacial score (nSPS) is 16.0. The van der Waals surface area contributed by atoms with E-state index in [9.17, 15) is 0 Å². The SMILES string of the molecule is C1=CCCC=CCC1.[ClH2+].[Ru+]. The van der Waals surface area contributed by atoms with Gasteiger partial charge in [-0.2, -0.15) is 0 Å². The molecule has 1 aliphatic rings. The zero-order valence-electron chi connectivity index (χ0n) is 5.94. The summed E-state index contributed by atoms with van der Waals surface area (Å²) in [5.41, 5.74) is 0. The molecule has 0 saturated carbocycles. The fourth-order valence-electron chi connectivity index (χ4n) is 0.856. The summed E-state index contributed by atoms with van der Waals surface area (Å²) in [4.78, 5) is 0. The third-order valence-electron chi connectivity index (χ3n) is 1.33. The first kappa shape index (κ1) is 13.0. The maximum absolute atomic E-state index is 2.27. The summed E-state index contributed by atoms with van der Waals surface area (Å²) in [6.45, 7) is 0. The standard InChI is InChI=1S/C8H12.ClH2.Ru/c1-2-4-6-8-7-5-3-1;;/h1-2,7-8H,3-6H2;1H2;/q;2*+1. The number of allylic oxidation sites excluding steroid dienone is 4. The molecule has 59 valence electrons. The molecule has 0 atom stereocenters. The van der Waals surface area contributed by atoms with Crippen LogP contribution in [0.3, 0.4) is 0 Å². The average molecular weight is 247 g/mol. The summed E-state index contributed by atoms with van der Waals surface area (Å²) >= 11 is 0. The molecule has 0 aromatic carbocycles. The van der Waals surface area contributed by atoms with Crippen LogP contribution in [0.5, 0.6) is 0 Å². The molecule has 0 amide bonds. The quantitative estimate of drug-likeness (QED) is 0.454. The van der Waals surface area contributed by atoms with Gasteiger partial charge in [0.25, 0.3) is 0 Å². The summed E-state index contributed by atoms with van der Waals surface area (Å²) in [6, 6.07) is 0. The van der Waals surface area contributed by atoms with Crippen molar-refractivity contribution in [3.05, 3.63) is 24.3 Å². The second-order valence-electron chi connectivity index (χ2n) is 2.10. The molecule has 1 rings (SSSR count). The Morgan fingerprint density at radius 1 is 0.600 bits per heavy atom. The Bertz CT molecular complexity index is 81.8. The largest absolute Gasteiger partial charge is 1.00 e. The smallest absolute Gasteiger partial charge is 0.0882 e. The summed E-state index contributed by atoms with van der Waals surface area (Å²) in [6.07, 6.45) is 14.0. The van der Waals surface area contributed by atoms with Crippen molar-refractivity contribution in [1.29, 1.82) is 0 Å². The Labute approximate surface area is 81.9 Å². The Hall–Kier alpha value is 0.393. The molecule has 1 radical (unpaired) electrons. The van der Waals surface area contributed by atoms with Crippen LogP contribution in [-0.2, 0) is 19.5 Å². The fraction of sp³-hybridized carbons (Fsp3) is 0.500. The predicted octanol–water partition coefficient (Wildman–Crippen LogP) is 2.13. The minimum Gasteiger partial charge on any atom is -0.0882 e. The second-order valence-corrected chi connectivity index (χ2v) is 2.10. The van der Waals surface area contributed by atoms with Gasteiger partial charge in [-0.1, -0.05) is 24.3 Å². The molecule has 0 bridgehead atoms. The zero-order valence-corrected chi connectivity index (χ0v) is 8.57. The second kappa shape index (κ2) is 9.39. The van der Waals surface area contributed by atoms with Gasteiger partial charge in [-0.3, -0.25) is 0 Å². The van der Waals surface area contributed by atoms with Crippen LogP contribution in [0, 0.1) is 12.4 Å². The molecule has 10 heavy (non-hydrogen) atoms. The van der Waals surface area contributed by atoms with Crippen molar-refractivity contribution in [1.82, 2.24) is 0 Å². The van der Waals surface area contributed by atoms with Crippen molar-refractivity contribution in [2.45, 2.75) is 25.7 Å². The number of hydrogen-bond acceptors (Lipinski definition) is 0. The fourth-order valence-corrected chi connectivity index (χ4v) is 0.856. The minimum atomic E-state index is 0. The first-order chi connectivity index (χ1) is 4.00. The molecule has 0 heterocycles. The van der Waals surface area contributed by atoms with E-state index in [1.807, 2.05) is 0 Å². The van der Waals surface area contributed by atoms with Gasteiger partial charge in [-0.05, 0) is 25.7 Å². The molecule has 0 spiro atoms. The summed E-state index contributed by atoms with van der Waals surface area (Å²) in [5, 5.41) is 0. The molecule has 0 aromatic heterocycles. The molecule has 0 aromatic rings. The molecule has 0 aliphatic heterocycles. The van der Waals surface area contributed by atoms with Crippen molar-refractivity contribution in [3.63, 3.8) is 0 Å². The van der Waals surface area contributed by atoms with Gasteiger partial charge in [0.05, 0.1) is 12.4 Å². The Morgan fingerprint density at radius 2 is 0.800 bits per heavy atom. The monoisotopic (exact) mass is 247 g/mol. The number of hydrogen-bond donors (Lipinski definition) is 0. The van der Waals surface area contributed by atoms with Gasteiger partial charge in [0, 0.05) is 0 Å². The van der Waals surface area contributed by atoms with Crippen molar-refractivity contribution < 1.29 is 31.9 Å². The van der Waals surface area contributed by atoms with E-state index in [0.717, 1.165) is 0 Å². The van der Waals surface area contributed by atoms with Crippen LogP contribution in [0.25, 0.3) is 0 Å². The van der Waals surface area contributed by atoms with Gasteiger partial charge in [-0.25, -0.2) is 0 Å². The van der Waals surface area contributed by atoms with Crippen LogP contribution in [0.2, 0.25) is 0 Å². The van der Waals surface area contributed by atoms with Crippen LogP contribution >= 0.6 is 0 Å². The van der Waals surface area contributed by atoms with E-state index in [2.05, 4.69) is 24.3 Å². The van der Waals surface area contributed by atoms with E-state index in [1.54, 1.807) is 0 Å². The van der Waals surface area contributed by atoms with Crippen LogP contribution in [-0.4, -0.2) is 0 Å². The predicted molar refractivity (Wildman–Crippen MR) is 39.5 cm³/mol. The molecule has 0 nitrogen and oxygen atoms in total. The topological polar surface area (TPSA) is 0 Å². The molecule has 0 fully saturated rings. The van der Waals surface area contributed by atoms with E-state index in [4.69, 9.17) is 0 Å². The van der Waals surface area contributed by atoms with Gasteiger partial charge in [0.1, 0.15) is 0 Å². The molecule has 0 saturated heterocycles. The zero-order chi connectivity index (χ0) is 5.66. The minimum absolute atomic E-state index is 0. The first-order valence-corrected chi connectivity index (χ1v) is 3.30. The maximum atomic E-state index is 2.27. The Balaban J connectivity index is 0. The first-order valence-electron chi connectivity index (χ1n) is 3.30. The molecule has 2 heteroatoms. The molecule has 0 unspecified atom stereocenters. The molecular weight excluding hydrogens is 233 g/mol. The van der Waals surface area contributed by atoms with Gasteiger partial charge < -0.3 is 0 Å². The van der Waals surface area contributed by atoms with E-state index in [0.29, 0.717) is 0 Å². The van der Waals surface area contributed by atoms with Gasteiger partial charge in [-0.15, -0.1) is 0 Å². The van der Waals surface area contributed by atoms with Crippen LogP contribution in [0.4, 0.5) is 0 Å². The van der Waals surface area contributed by atoms with Crippen LogP contribution in [0.15, 0.2) is 24.3 Å². The van der Waals surface area contributed by atoms with Crippen molar-refractivity contribution in [2.75, 3.05) is 0 Å². The van der Waals surface area contributed by atoms with E-state index in [1.165, 1.54) is 25.7 Å². The van der Waals surface area contributed by atoms with Crippen LogP contribution in [0.1, 0.15) is 25.7 Å². The Morgan fingerprint density at radius 3 is 1.00 bits per heavy atom. The van der Waals surface area contributed by atoms with Crippen molar-refractivity contribution in [3.8, 4) is 0 Å². The maximum Gasteiger partial charge on any atom is 1.00 e. The third kappa shape index (κ3) is 6.51. The van der Waals surface area contributed by atoms with Crippen molar-refractivity contribution >= 4 is 0 Å².